The summed E-state index contributed by atoms with van der Waals surface area (Å²) < 4.78 is 27.2. The Morgan fingerprint density at radius 1 is 1.60 bits per heavy atom. The molecule has 0 unspecified atom stereocenters. The van der Waals surface area contributed by atoms with Crippen molar-refractivity contribution in [2.75, 3.05) is 12.3 Å². The molecule has 4 nitrogen and oxygen atoms in total. The molecule has 84 valence electrons. The molecule has 0 aliphatic rings. The second kappa shape index (κ2) is 4.78. The zero-order valence-electron chi connectivity index (χ0n) is 8.56. The highest BCUT2D eigenvalue weighted by molar-refractivity contribution is 7.89. The minimum atomic E-state index is -3.57. The second-order valence-electron chi connectivity index (χ2n) is 2.90. The van der Waals surface area contributed by atoms with Crippen molar-refractivity contribution in [3.05, 3.63) is 22.4 Å². The molecule has 6 heteroatoms. The van der Waals surface area contributed by atoms with Gasteiger partial charge in [0.2, 0.25) is 0 Å². The van der Waals surface area contributed by atoms with Crippen molar-refractivity contribution < 1.29 is 12.6 Å². The van der Waals surface area contributed by atoms with Crippen LogP contribution in [0.25, 0.3) is 5.57 Å². The molecule has 1 heterocycles. The average Bonchev–Trinajstić information content (AvgIpc) is 2.50. The van der Waals surface area contributed by atoms with Crippen molar-refractivity contribution in [1.82, 2.24) is 0 Å². The van der Waals surface area contributed by atoms with E-state index >= 15 is 0 Å². The monoisotopic (exact) mass is 247 g/mol. The van der Waals surface area contributed by atoms with Crippen LogP contribution in [0.2, 0.25) is 0 Å². The van der Waals surface area contributed by atoms with E-state index in [4.69, 9.17) is 5.73 Å². The van der Waals surface area contributed by atoms with Gasteiger partial charge in [0.15, 0.2) is 0 Å². The summed E-state index contributed by atoms with van der Waals surface area (Å²) in [5.41, 5.74) is 6.18. The molecule has 0 saturated heterocycles. The Hall–Kier alpha value is -0.850. The average molecular weight is 247 g/mol. The molecule has 0 saturated carbocycles. The lowest BCUT2D eigenvalue weighted by Crippen LogP contribution is -2.01. The van der Waals surface area contributed by atoms with Crippen LogP contribution in [-0.2, 0) is 14.3 Å². The molecule has 1 aromatic heterocycles. The fourth-order valence-corrected chi connectivity index (χ4v) is 2.81. The molecule has 1 rings (SSSR count). The highest BCUT2D eigenvalue weighted by Crippen LogP contribution is 2.26. The number of nitrogen functional groups attached to an aromatic ring is 1. The highest BCUT2D eigenvalue weighted by Gasteiger charge is 2.08. The van der Waals surface area contributed by atoms with E-state index in [0.717, 1.165) is 10.3 Å². The van der Waals surface area contributed by atoms with Gasteiger partial charge in [-0.2, -0.15) is 8.42 Å². The van der Waals surface area contributed by atoms with Gasteiger partial charge in [-0.15, -0.1) is 11.3 Å². The summed E-state index contributed by atoms with van der Waals surface area (Å²) in [6.45, 7) is 3.48. The molecule has 0 amide bonds. The fourth-order valence-electron chi connectivity index (χ4n) is 1.04. The van der Waals surface area contributed by atoms with Crippen LogP contribution in [0.4, 0.5) is 5.00 Å². The first-order valence-electron chi connectivity index (χ1n) is 4.38. The van der Waals surface area contributed by atoms with Gasteiger partial charge in [0.25, 0.3) is 10.1 Å². The molecular weight excluding hydrogens is 234 g/mol. The zero-order chi connectivity index (χ0) is 11.5. The Bertz CT molecular complexity index is 459. The van der Waals surface area contributed by atoms with Crippen LogP contribution in [-0.4, -0.2) is 15.0 Å². The lowest BCUT2D eigenvalue weighted by atomic mass is 10.3. The van der Waals surface area contributed by atoms with Crippen molar-refractivity contribution in [3.63, 3.8) is 0 Å². The third-order valence-corrected chi connectivity index (χ3v) is 3.87. The summed E-state index contributed by atoms with van der Waals surface area (Å²) in [5, 5.41) is 1.77. The van der Waals surface area contributed by atoms with Crippen LogP contribution in [0.15, 0.2) is 17.5 Å². The number of rotatable bonds is 4. The van der Waals surface area contributed by atoms with Gasteiger partial charge >= 0.3 is 0 Å². The van der Waals surface area contributed by atoms with Crippen LogP contribution >= 0.6 is 11.3 Å². The minimum absolute atomic E-state index is 0.138. The molecule has 0 atom stereocenters. The largest absolute Gasteiger partial charge is 0.391 e. The topological polar surface area (TPSA) is 69.4 Å². The highest BCUT2D eigenvalue weighted by atomic mass is 32.2. The number of anilines is 1. The molecule has 0 aliphatic carbocycles. The van der Waals surface area contributed by atoms with E-state index in [2.05, 4.69) is 4.18 Å². The maximum atomic E-state index is 11.3. The third-order valence-electron chi connectivity index (χ3n) is 1.62. The Morgan fingerprint density at radius 2 is 2.27 bits per heavy atom. The SMILES string of the molecule is CCOS(=O)(=O)/C=C(\C)c1ccc(N)s1. The Labute approximate surface area is 93.5 Å². The summed E-state index contributed by atoms with van der Waals surface area (Å²) in [6.07, 6.45) is 0. The van der Waals surface area contributed by atoms with Crippen molar-refractivity contribution in [2.24, 2.45) is 0 Å². The first-order valence-corrected chi connectivity index (χ1v) is 6.67. The molecule has 0 aliphatic heterocycles. The predicted molar refractivity (Wildman–Crippen MR) is 62.9 cm³/mol. The summed E-state index contributed by atoms with van der Waals surface area (Å²) in [5.74, 6) is 0. The van der Waals surface area contributed by atoms with E-state index in [-0.39, 0.29) is 6.61 Å². The smallest absolute Gasteiger partial charge is 0.290 e. The molecule has 2 N–H and O–H groups in total. The number of nitrogens with two attached hydrogens (primary N) is 1. The standard InChI is InChI=1S/C9H13NO3S2/c1-3-13-15(11,12)6-7(2)8-4-5-9(10)14-8/h4-6H,3,10H2,1-2H3/b7-6+. The first-order chi connectivity index (χ1) is 6.94. The Kier molecular flexibility index (Phi) is 3.90. The molecule has 0 spiro atoms. The van der Waals surface area contributed by atoms with Gasteiger partial charge in [-0.3, -0.25) is 4.18 Å². The first kappa shape index (κ1) is 12.2. The normalized spacial score (nSPS) is 13.1. The van der Waals surface area contributed by atoms with Gasteiger partial charge < -0.3 is 5.73 Å². The van der Waals surface area contributed by atoms with Crippen LogP contribution in [0.3, 0.4) is 0 Å². The molecule has 0 fully saturated rings. The lowest BCUT2D eigenvalue weighted by molar-refractivity contribution is 0.345. The molecule has 0 bridgehead atoms. The number of hydrogen-bond donors (Lipinski definition) is 1. The maximum absolute atomic E-state index is 11.3. The van der Waals surface area contributed by atoms with Gasteiger partial charge in [0.1, 0.15) is 0 Å². The molecule has 15 heavy (non-hydrogen) atoms. The van der Waals surface area contributed by atoms with E-state index in [1.54, 1.807) is 26.0 Å². The third kappa shape index (κ3) is 3.65. The Morgan fingerprint density at radius 3 is 2.73 bits per heavy atom. The summed E-state index contributed by atoms with van der Waals surface area (Å²) in [7, 11) is -3.57. The molecule has 0 radical (unpaired) electrons. The van der Waals surface area contributed by atoms with E-state index in [1.807, 2.05) is 0 Å². The van der Waals surface area contributed by atoms with Crippen LogP contribution in [0, 0.1) is 0 Å². The zero-order valence-corrected chi connectivity index (χ0v) is 10.2. The van der Waals surface area contributed by atoms with Crippen LogP contribution < -0.4 is 5.73 Å². The summed E-state index contributed by atoms with van der Waals surface area (Å²) in [6, 6.07) is 3.53. The van der Waals surface area contributed by atoms with Gasteiger partial charge in [0.05, 0.1) is 17.0 Å². The quantitative estimate of drug-likeness (QED) is 0.827. The minimum Gasteiger partial charge on any atom is -0.391 e. The predicted octanol–water partition coefficient (Wildman–Crippen LogP) is 2.06. The molecule has 0 aromatic carbocycles. The molecule has 1 aromatic rings. The second-order valence-corrected chi connectivity index (χ2v) is 5.47. The van der Waals surface area contributed by atoms with E-state index in [1.165, 1.54) is 11.3 Å². The van der Waals surface area contributed by atoms with Crippen molar-refractivity contribution in [1.29, 1.82) is 0 Å². The van der Waals surface area contributed by atoms with E-state index in [0.29, 0.717) is 10.6 Å². The van der Waals surface area contributed by atoms with Gasteiger partial charge in [-0.25, -0.2) is 0 Å². The summed E-state index contributed by atoms with van der Waals surface area (Å²) >= 11 is 1.34. The van der Waals surface area contributed by atoms with Gasteiger partial charge in [0, 0.05) is 4.88 Å². The lowest BCUT2D eigenvalue weighted by Gasteiger charge is -1.99. The van der Waals surface area contributed by atoms with E-state index < -0.39 is 10.1 Å². The Balaban J connectivity index is 2.94. The molecular formula is C9H13NO3S2. The van der Waals surface area contributed by atoms with E-state index in [9.17, 15) is 8.42 Å². The van der Waals surface area contributed by atoms with Crippen LogP contribution in [0.1, 0.15) is 18.7 Å². The maximum Gasteiger partial charge on any atom is 0.290 e. The van der Waals surface area contributed by atoms with Gasteiger partial charge in [-0.05, 0) is 31.6 Å². The van der Waals surface area contributed by atoms with Crippen molar-refractivity contribution in [2.45, 2.75) is 13.8 Å². The number of thiophene rings is 1. The number of allylic oxidation sites excluding steroid dienone is 1. The summed E-state index contributed by atoms with van der Waals surface area (Å²) in [4.78, 5) is 0.829. The van der Waals surface area contributed by atoms with Crippen molar-refractivity contribution >= 4 is 32.0 Å². The van der Waals surface area contributed by atoms with Crippen molar-refractivity contribution in [3.8, 4) is 0 Å². The fraction of sp³-hybridized carbons (Fsp3) is 0.333. The van der Waals surface area contributed by atoms with Crippen LogP contribution in [0.5, 0.6) is 0 Å². The number of hydrogen-bond acceptors (Lipinski definition) is 5. The van der Waals surface area contributed by atoms with Gasteiger partial charge in [-0.1, -0.05) is 0 Å².